The zero-order chi connectivity index (χ0) is 22.6. The molecule has 2 N–H and O–H groups in total. The fourth-order valence-electron chi connectivity index (χ4n) is 3.36. The summed E-state index contributed by atoms with van der Waals surface area (Å²) in [6, 6.07) is 20.2. The molecule has 0 aliphatic carbocycles. The second kappa shape index (κ2) is 9.07. The van der Waals surface area contributed by atoms with Crippen molar-refractivity contribution in [2.75, 3.05) is 7.11 Å². The van der Waals surface area contributed by atoms with Gasteiger partial charge >= 0.3 is 5.97 Å². The molecule has 0 fully saturated rings. The van der Waals surface area contributed by atoms with Gasteiger partial charge in [0.25, 0.3) is 0 Å². The topological polar surface area (TPSA) is 66.8 Å². The predicted octanol–water partition coefficient (Wildman–Crippen LogP) is 5.44. The van der Waals surface area contributed by atoms with Gasteiger partial charge in [-0.15, -0.1) is 0 Å². The van der Waals surface area contributed by atoms with Crippen molar-refractivity contribution >= 4 is 5.97 Å². The van der Waals surface area contributed by atoms with Gasteiger partial charge in [-0.2, -0.15) is 0 Å². The summed E-state index contributed by atoms with van der Waals surface area (Å²) in [6.07, 6.45) is -1.07. The van der Waals surface area contributed by atoms with Gasteiger partial charge in [0.15, 0.2) is 0 Å². The molecule has 158 valence electrons. The Labute approximate surface area is 183 Å². The zero-order valence-corrected chi connectivity index (χ0v) is 18.1. The number of rotatable bonds is 4. The van der Waals surface area contributed by atoms with Gasteiger partial charge in [-0.25, -0.2) is 4.79 Å². The Morgan fingerprint density at radius 2 is 1.61 bits per heavy atom. The molecule has 3 aromatic rings. The third kappa shape index (κ3) is 5.14. The maximum Gasteiger partial charge on any atom is 0.335 e. The molecule has 0 aliphatic heterocycles. The summed E-state index contributed by atoms with van der Waals surface area (Å²) in [5.41, 5.74) is 4.22. The van der Waals surface area contributed by atoms with E-state index in [1.807, 2.05) is 36.4 Å². The number of aliphatic hydroxyl groups is 1. The van der Waals surface area contributed by atoms with Crippen LogP contribution < -0.4 is 4.74 Å². The molecule has 31 heavy (non-hydrogen) atoms. The van der Waals surface area contributed by atoms with Gasteiger partial charge in [0.2, 0.25) is 0 Å². The third-order valence-corrected chi connectivity index (χ3v) is 5.02. The van der Waals surface area contributed by atoms with E-state index in [2.05, 4.69) is 38.7 Å². The van der Waals surface area contributed by atoms with Gasteiger partial charge in [0, 0.05) is 16.7 Å². The summed E-state index contributed by atoms with van der Waals surface area (Å²) in [4.78, 5) is 11.0. The molecule has 0 amide bonds. The average Bonchev–Trinajstić information content (AvgIpc) is 2.76. The maximum atomic E-state index is 11.0. The van der Waals surface area contributed by atoms with E-state index >= 15 is 0 Å². The molecule has 0 radical (unpaired) electrons. The SMILES string of the molecule is COc1c(C(O)C#Cc2ccc(C(=O)O)cc2)cc(-c2ccccc2)cc1C(C)(C)C. The molecule has 3 rings (SSSR count). The molecule has 0 spiro atoms. The van der Waals surface area contributed by atoms with E-state index in [0.717, 1.165) is 16.7 Å². The minimum absolute atomic E-state index is 0.193. The highest BCUT2D eigenvalue weighted by Crippen LogP contribution is 2.40. The number of ether oxygens (including phenoxy) is 1. The van der Waals surface area contributed by atoms with Crippen LogP contribution in [0.3, 0.4) is 0 Å². The first-order valence-electron chi connectivity index (χ1n) is 10.0. The minimum atomic E-state index is -1.07. The van der Waals surface area contributed by atoms with Crippen LogP contribution in [0.15, 0.2) is 66.7 Å². The predicted molar refractivity (Wildman–Crippen MR) is 122 cm³/mol. The van der Waals surface area contributed by atoms with Crippen molar-refractivity contribution in [2.24, 2.45) is 0 Å². The molecule has 0 aromatic heterocycles. The standard InChI is InChI=1S/C27H26O4/c1-27(2,3)23-17-21(19-8-6-5-7-9-19)16-22(25(23)31-4)24(28)15-12-18-10-13-20(14-11-18)26(29)30/h5-11,13-14,16-17,24,28H,1-4H3,(H,29,30). The first kappa shape index (κ1) is 22.1. The molecule has 3 aromatic carbocycles. The Bertz CT molecular complexity index is 1130. The summed E-state index contributed by atoms with van der Waals surface area (Å²) in [5.74, 6) is 5.43. The number of aliphatic hydroxyl groups excluding tert-OH is 1. The lowest BCUT2D eigenvalue weighted by Gasteiger charge is -2.26. The van der Waals surface area contributed by atoms with Crippen molar-refractivity contribution in [1.29, 1.82) is 0 Å². The summed E-state index contributed by atoms with van der Waals surface area (Å²) >= 11 is 0. The van der Waals surface area contributed by atoms with Gasteiger partial charge in [-0.05, 0) is 52.9 Å². The summed E-state index contributed by atoms with van der Waals surface area (Å²) < 4.78 is 5.72. The fourth-order valence-corrected chi connectivity index (χ4v) is 3.36. The minimum Gasteiger partial charge on any atom is -0.496 e. The number of methoxy groups -OCH3 is 1. The Balaban J connectivity index is 2.07. The third-order valence-electron chi connectivity index (χ3n) is 5.02. The molecule has 1 unspecified atom stereocenters. The van der Waals surface area contributed by atoms with Crippen LogP contribution in [0.4, 0.5) is 0 Å². The second-order valence-electron chi connectivity index (χ2n) is 8.32. The normalized spacial score (nSPS) is 11.9. The largest absolute Gasteiger partial charge is 0.496 e. The zero-order valence-electron chi connectivity index (χ0n) is 18.1. The molecule has 0 bridgehead atoms. The van der Waals surface area contributed by atoms with Gasteiger partial charge in [-0.3, -0.25) is 0 Å². The quantitative estimate of drug-likeness (QED) is 0.558. The van der Waals surface area contributed by atoms with Crippen LogP contribution in [0.1, 0.15) is 53.9 Å². The lowest BCUT2D eigenvalue weighted by molar-refractivity contribution is 0.0697. The summed E-state index contributed by atoms with van der Waals surface area (Å²) in [6.45, 7) is 6.31. The molecule has 0 heterocycles. The number of benzene rings is 3. The number of carboxylic acid groups (broad SMARTS) is 1. The molecular formula is C27H26O4. The Kier molecular flexibility index (Phi) is 6.48. The first-order chi connectivity index (χ1) is 14.7. The van der Waals surface area contributed by atoms with Crippen molar-refractivity contribution in [3.63, 3.8) is 0 Å². The number of aromatic carboxylic acids is 1. The lowest BCUT2D eigenvalue weighted by Crippen LogP contribution is -2.15. The average molecular weight is 415 g/mol. The van der Waals surface area contributed by atoms with Crippen molar-refractivity contribution in [3.05, 3.63) is 89.0 Å². The van der Waals surface area contributed by atoms with Crippen LogP contribution in [0.2, 0.25) is 0 Å². The van der Waals surface area contributed by atoms with Gasteiger partial charge < -0.3 is 14.9 Å². The fraction of sp³-hybridized carbons (Fsp3) is 0.222. The number of carbonyl (C=O) groups is 1. The van der Waals surface area contributed by atoms with E-state index < -0.39 is 12.1 Å². The monoisotopic (exact) mass is 414 g/mol. The smallest absolute Gasteiger partial charge is 0.335 e. The van der Waals surface area contributed by atoms with Crippen LogP contribution in [-0.2, 0) is 5.41 Å². The van der Waals surface area contributed by atoms with E-state index in [9.17, 15) is 9.90 Å². The van der Waals surface area contributed by atoms with E-state index in [4.69, 9.17) is 9.84 Å². The second-order valence-corrected chi connectivity index (χ2v) is 8.32. The van der Waals surface area contributed by atoms with Crippen molar-refractivity contribution in [3.8, 4) is 28.7 Å². The number of carboxylic acids is 1. The molecule has 0 aliphatic rings. The van der Waals surface area contributed by atoms with Crippen molar-refractivity contribution in [1.82, 2.24) is 0 Å². The Morgan fingerprint density at radius 1 is 0.968 bits per heavy atom. The number of hydrogen-bond donors (Lipinski definition) is 2. The van der Waals surface area contributed by atoms with Crippen LogP contribution in [-0.4, -0.2) is 23.3 Å². The molecular weight excluding hydrogens is 388 g/mol. The maximum absolute atomic E-state index is 11.0. The van der Waals surface area contributed by atoms with Crippen LogP contribution in [0.25, 0.3) is 11.1 Å². The molecule has 4 heteroatoms. The van der Waals surface area contributed by atoms with Crippen molar-refractivity contribution < 1.29 is 19.7 Å². The Hall–Kier alpha value is -3.55. The van der Waals surface area contributed by atoms with E-state index in [1.165, 1.54) is 12.1 Å². The number of hydrogen-bond acceptors (Lipinski definition) is 3. The highest BCUT2D eigenvalue weighted by atomic mass is 16.5. The molecule has 0 saturated heterocycles. The first-order valence-corrected chi connectivity index (χ1v) is 10.0. The van der Waals surface area contributed by atoms with Crippen molar-refractivity contribution in [2.45, 2.75) is 32.3 Å². The highest BCUT2D eigenvalue weighted by Gasteiger charge is 2.25. The molecule has 0 saturated carbocycles. The van der Waals surface area contributed by atoms with Crippen LogP contribution >= 0.6 is 0 Å². The van der Waals surface area contributed by atoms with E-state index in [1.54, 1.807) is 19.2 Å². The molecule has 1 atom stereocenters. The molecule has 4 nitrogen and oxygen atoms in total. The lowest BCUT2D eigenvalue weighted by atomic mass is 9.82. The van der Waals surface area contributed by atoms with Crippen LogP contribution in [0.5, 0.6) is 5.75 Å². The van der Waals surface area contributed by atoms with Gasteiger partial charge in [0.05, 0.1) is 12.7 Å². The summed E-state index contributed by atoms with van der Waals surface area (Å²) in [5, 5.41) is 20.0. The van der Waals surface area contributed by atoms with E-state index in [0.29, 0.717) is 16.9 Å². The van der Waals surface area contributed by atoms with Gasteiger partial charge in [-0.1, -0.05) is 62.9 Å². The summed E-state index contributed by atoms with van der Waals surface area (Å²) in [7, 11) is 1.60. The highest BCUT2D eigenvalue weighted by molar-refractivity contribution is 5.87. The van der Waals surface area contributed by atoms with E-state index in [-0.39, 0.29) is 11.0 Å². The Morgan fingerprint density at radius 3 is 2.16 bits per heavy atom. The van der Waals surface area contributed by atoms with Crippen LogP contribution in [0, 0.1) is 11.8 Å². The van der Waals surface area contributed by atoms with Gasteiger partial charge in [0.1, 0.15) is 11.9 Å².